The average molecular weight is 553 g/mol. The van der Waals surface area contributed by atoms with Crippen molar-refractivity contribution in [2.24, 2.45) is 28.7 Å². The van der Waals surface area contributed by atoms with Crippen LogP contribution in [0.25, 0.3) is 0 Å². The first-order valence-electron chi connectivity index (χ1n) is 14.9. The Morgan fingerprint density at radius 3 is 2.47 bits per heavy atom. The van der Waals surface area contributed by atoms with Crippen LogP contribution in [0.15, 0.2) is 4.99 Å². The maximum atomic E-state index is 13.1. The molecule has 38 heavy (non-hydrogen) atoms. The predicted molar refractivity (Wildman–Crippen MR) is 157 cm³/mol. The summed E-state index contributed by atoms with van der Waals surface area (Å²) in [5.41, 5.74) is 3.85. The zero-order valence-electron chi connectivity index (χ0n) is 25.6. The Labute approximate surface area is 235 Å². The zero-order chi connectivity index (χ0) is 28.4. The van der Waals surface area contributed by atoms with Crippen LogP contribution in [-0.2, 0) is 9.53 Å². The first-order valence-corrected chi connectivity index (χ1v) is 15.8. The van der Waals surface area contributed by atoms with E-state index in [0.29, 0.717) is 23.0 Å². The molecule has 2 fully saturated rings. The SMILES string of the molecule is CCN(C)CC(CCCCC(C)C)C1=NC(CC(=O)OC(C)(C)C)C2N[N+](=O)C(C)N2C2SC(C)C(C)C12. The highest BCUT2D eigenvalue weighted by atomic mass is 32.2. The molecule has 0 bridgehead atoms. The third kappa shape index (κ3) is 7.51. The van der Waals surface area contributed by atoms with Gasteiger partial charge in [-0.3, -0.25) is 9.79 Å². The van der Waals surface area contributed by atoms with E-state index in [-0.39, 0.29) is 42.1 Å². The molecule has 0 aromatic carbocycles. The third-order valence-electron chi connectivity index (χ3n) is 8.50. The molecular formula is C29H54N5O3S+. The number of hydrogen-bond acceptors (Lipinski definition) is 7. The van der Waals surface area contributed by atoms with Crippen molar-refractivity contribution in [3.8, 4) is 0 Å². The van der Waals surface area contributed by atoms with Gasteiger partial charge in [-0.25, -0.2) is 0 Å². The van der Waals surface area contributed by atoms with Crippen LogP contribution in [0.1, 0.15) is 94.4 Å². The molecule has 0 spiro atoms. The van der Waals surface area contributed by atoms with Crippen molar-refractivity contribution < 1.29 is 14.4 Å². The molecule has 0 amide bonds. The predicted octanol–water partition coefficient (Wildman–Crippen LogP) is 5.31. The number of nitrogens with one attached hydrogen (secondary N) is 1. The van der Waals surface area contributed by atoms with E-state index in [1.165, 1.54) is 25.0 Å². The van der Waals surface area contributed by atoms with Crippen LogP contribution >= 0.6 is 11.8 Å². The van der Waals surface area contributed by atoms with Crippen molar-refractivity contribution in [2.45, 2.75) is 129 Å². The monoisotopic (exact) mass is 552 g/mol. The number of hydrogen-bond donors (Lipinski definition) is 1. The Kier molecular flexibility index (Phi) is 10.7. The summed E-state index contributed by atoms with van der Waals surface area (Å²) in [6.45, 7) is 21.1. The Morgan fingerprint density at radius 1 is 1.21 bits per heavy atom. The number of nitroso groups, excluding NO2 is 1. The molecule has 8 nitrogen and oxygen atoms in total. The minimum Gasteiger partial charge on any atom is -0.460 e. The van der Waals surface area contributed by atoms with Gasteiger partial charge in [0.05, 0.1) is 22.7 Å². The molecule has 0 aromatic rings. The number of rotatable bonds is 11. The average Bonchev–Trinajstić information content (AvgIpc) is 3.21. The Hall–Kier alpha value is -1.19. The second-order valence-electron chi connectivity index (χ2n) is 13.2. The quantitative estimate of drug-likeness (QED) is 0.211. The second kappa shape index (κ2) is 13.0. The van der Waals surface area contributed by atoms with Gasteiger partial charge < -0.3 is 9.64 Å². The van der Waals surface area contributed by atoms with E-state index in [0.717, 1.165) is 24.4 Å². The number of nitrogens with zero attached hydrogens (tertiary/aromatic N) is 4. The summed E-state index contributed by atoms with van der Waals surface area (Å²) in [6, 6.07) is -0.375. The fraction of sp³-hybridized carbons (Fsp3) is 0.931. The maximum absolute atomic E-state index is 13.1. The molecule has 9 heteroatoms. The molecule has 8 unspecified atom stereocenters. The molecule has 3 heterocycles. The Balaban J connectivity index is 2.04. The van der Waals surface area contributed by atoms with E-state index in [1.807, 2.05) is 39.5 Å². The molecule has 0 radical (unpaired) electrons. The molecule has 0 saturated carbocycles. The van der Waals surface area contributed by atoms with Gasteiger partial charge in [0.25, 0.3) is 6.17 Å². The number of aliphatic imine (C=N–C) groups is 1. The largest absolute Gasteiger partial charge is 0.460 e. The van der Waals surface area contributed by atoms with Crippen molar-refractivity contribution in [2.75, 3.05) is 20.1 Å². The lowest BCUT2D eigenvalue weighted by atomic mass is 9.79. The van der Waals surface area contributed by atoms with Gasteiger partial charge in [0.2, 0.25) is 0 Å². The Bertz CT molecular complexity index is 860. The van der Waals surface area contributed by atoms with Crippen molar-refractivity contribution in [1.82, 2.24) is 15.2 Å². The maximum Gasteiger partial charge on any atom is 0.308 e. The number of fused-ring (bicyclic) bond motifs is 3. The van der Waals surface area contributed by atoms with Gasteiger partial charge in [0.15, 0.2) is 6.17 Å². The van der Waals surface area contributed by atoms with Crippen LogP contribution in [0, 0.1) is 28.6 Å². The number of thioether (sulfide) groups is 1. The highest BCUT2D eigenvalue weighted by molar-refractivity contribution is 8.00. The number of unbranched alkanes of at least 4 members (excludes halogenated alkanes) is 1. The first kappa shape index (κ1) is 31.3. The second-order valence-corrected chi connectivity index (χ2v) is 14.7. The molecule has 1 N–H and O–H groups in total. The van der Waals surface area contributed by atoms with Crippen molar-refractivity contribution in [3.63, 3.8) is 0 Å². The fourth-order valence-corrected chi connectivity index (χ4v) is 8.05. The normalized spacial score (nSPS) is 32.6. The van der Waals surface area contributed by atoms with Crippen LogP contribution in [-0.4, -0.2) is 81.1 Å². The van der Waals surface area contributed by atoms with Gasteiger partial charge in [-0.05, 0) is 52.6 Å². The van der Waals surface area contributed by atoms with Gasteiger partial charge >= 0.3 is 5.97 Å². The van der Waals surface area contributed by atoms with E-state index in [9.17, 15) is 9.70 Å². The minimum absolute atomic E-state index is 0.152. The van der Waals surface area contributed by atoms with Gasteiger partial charge in [0.1, 0.15) is 10.5 Å². The number of esters is 1. The summed E-state index contributed by atoms with van der Waals surface area (Å²) in [4.78, 5) is 37.1. The zero-order valence-corrected chi connectivity index (χ0v) is 26.4. The van der Waals surface area contributed by atoms with Gasteiger partial charge in [-0.15, -0.1) is 17.2 Å². The van der Waals surface area contributed by atoms with Crippen molar-refractivity contribution >= 4 is 23.4 Å². The lowest BCUT2D eigenvalue weighted by Crippen LogP contribution is -2.51. The van der Waals surface area contributed by atoms with E-state index < -0.39 is 5.60 Å². The van der Waals surface area contributed by atoms with Crippen molar-refractivity contribution in [3.05, 3.63) is 4.91 Å². The Morgan fingerprint density at radius 2 is 1.87 bits per heavy atom. The standard InChI is InChI=1S/C29H54N5O3S/c1-11-32(10)17-22(15-13-12-14-18(2)3)26-25-19(4)20(5)38-28(25)33-21(6)34(36)31-27(33)23(30-26)16-24(35)37-29(7,8)9/h18-23,25,27-28H,11-17H2,1-10H3,(H,31,36)/q+1. The molecule has 0 aliphatic carbocycles. The molecule has 0 aromatic heterocycles. The summed E-state index contributed by atoms with van der Waals surface area (Å²) < 4.78 is 5.74. The highest BCUT2D eigenvalue weighted by Crippen LogP contribution is 2.50. The number of hydrazine groups is 1. The summed E-state index contributed by atoms with van der Waals surface area (Å²) in [6.07, 6.45) is 4.27. The first-order chi connectivity index (χ1) is 17.7. The van der Waals surface area contributed by atoms with E-state index in [1.54, 1.807) is 0 Å². The highest BCUT2D eigenvalue weighted by Gasteiger charge is 2.59. The minimum atomic E-state index is -0.561. The summed E-state index contributed by atoms with van der Waals surface area (Å²) >= 11 is 1.97. The van der Waals surface area contributed by atoms with Crippen molar-refractivity contribution in [1.29, 1.82) is 0 Å². The third-order valence-corrected chi connectivity index (χ3v) is 10.2. The molecule has 3 aliphatic heterocycles. The summed E-state index contributed by atoms with van der Waals surface area (Å²) in [5.74, 6) is 1.46. The lowest BCUT2D eigenvalue weighted by molar-refractivity contribution is -0.626. The van der Waals surface area contributed by atoms with Gasteiger partial charge in [-0.2, -0.15) is 4.90 Å². The molecular weight excluding hydrogens is 498 g/mol. The van der Waals surface area contributed by atoms with Crippen LogP contribution in [0.3, 0.4) is 0 Å². The molecule has 218 valence electrons. The lowest BCUT2D eigenvalue weighted by Gasteiger charge is -2.33. The molecule has 3 rings (SSSR count). The summed E-state index contributed by atoms with van der Waals surface area (Å²) in [5, 5.41) is 0.621. The number of carbonyl (C=O) groups excluding carboxylic acids is 1. The van der Waals surface area contributed by atoms with E-state index in [4.69, 9.17) is 9.73 Å². The van der Waals surface area contributed by atoms with Gasteiger partial charge in [0, 0.05) is 36.3 Å². The van der Waals surface area contributed by atoms with Crippen LogP contribution in [0.5, 0.6) is 0 Å². The van der Waals surface area contributed by atoms with E-state index >= 15 is 0 Å². The summed E-state index contributed by atoms with van der Waals surface area (Å²) in [7, 11) is 2.20. The number of carbonyl (C=O) groups is 1. The smallest absolute Gasteiger partial charge is 0.308 e. The number of ether oxygens (including phenoxy) is 1. The van der Waals surface area contributed by atoms with Crippen LogP contribution in [0.2, 0.25) is 0 Å². The molecule has 3 aliphatic rings. The molecule has 2 saturated heterocycles. The van der Waals surface area contributed by atoms with Gasteiger partial charge in [-0.1, -0.05) is 53.9 Å². The van der Waals surface area contributed by atoms with Crippen LogP contribution < -0.4 is 5.43 Å². The molecule has 8 atom stereocenters. The topological polar surface area (TPSA) is 77.2 Å². The fourth-order valence-electron chi connectivity index (χ4n) is 6.18. The van der Waals surface area contributed by atoms with E-state index in [2.05, 4.69) is 56.9 Å². The van der Waals surface area contributed by atoms with Crippen LogP contribution in [0.4, 0.5) is 0 Å².